The van der Waals surface area contributed by atoms with Crippen molar-refractivity contribution in [3.05, 3.63) is 46.6 Å². The molecule has 19 heavy (non-hydrogen) atoms. The van der Waals surface area contributed by atoms with E-state index in [2.05, 4.69) is 35.0 Å². The predicted molar refractivity (Wildman–Crippen MR) is 80.2 cm³/mol. The van der Waals surface area contributed by atoms with E-state index in [-0.39, 0.29) is 0 Å². The van der Waals surface area contributed by atoms with Gasteiger partial charge in [-0.1, -0.05) is 29.3 Å². The number of aryl methyl sites for hydroxylation is 2. The molecule has 0 spiro atoms. The molecular weight excluding hydrogens is 258 g/mol. The number of halogens is 1. The van der Waals surface area contributed by atoms with Crippen LogP contribution in [0.3, 0.4) is 0 Å². The number of pyridine rings is 1. The number of anilines is 3. The molecule has 0 saturated carbocycles. The second kappa shape index (κ2) is 4.74. The molecule has 0 radical (unpaired) electrons. The molecule has 1 aromatic heterocycles. The lowest BCUT2D eigenvalue weighted by Crippen LogP contribution is -2.25. The van der Waals surface area contributed by atoms with Crippen LogP contribution in [0.4, 0.5) is 17.2 Å². The van der Waals surface area contributed by atoms with E-state index in [0.29, 0.717) is 10.8 Å². The topological polar surface area (TPSA) is 42.1 Å². The minimum absolute atomic E-state index is 0.439. The van der Waals surface area contributed by atoms with Gasteiger partial charge in [0.05, 0.1) is 0 Å². The highest BCUT2D eigenvalue weighted by Gasteiger charge is 2.19. The molecule has 3 rings (SSSR count). The quantitative estimate of drug-likeness (QED) is 0.806. The molecule has 2 aromatic rings. The van der Waals surface area contributed by atoms with Crippen molar-refractivity contribution in [2.45, 2.75) is 19.8 Å². The zero-order valence-corrected chi connectivity index (χ0v) is 11.6. The van der Waals surface area contributed by atoms with Crippen molar-refractivity contribution in [3.63, 3.8) is 0 Å². The summed E-state index contributed by atoms with van der Waals surface area (Å²) in [6.45, 7) is 3.07. The molecule has 4 heteroatoms. The zero-order chi connectivity index (χ0) is 13.4. The highest BCUT2D eigenvalue weighted by Crippen LogP contribution is 2.34. The summed E-state index contributed by atoms with van der Waals surface area (Å²) in [7, 11) is 0. The summed E-state index contributed by atoms with van der Waals surface area (Å²) in [4.78, 5) is 6.59. The molecule has 0 unspecified atom stereocenters. The van der Waals surface area contributed by atoms with E-state index in [9.17, 15) is 0 Å². The van der Waals surface area contributed by atoms with Gasteiger partial charge in [-0.25, -0.2) is 4.98 Å². The Morgan fingerprint density at radius 1 is 1.26 bits per heavy atom. The smallest absolute Gasteiger partial charge is 0.136 e. The van der Waals surface area contributed by atoms with Gasteiger partial charge in [0, 0.05) is 24.0 Å². The first-order valence-electron chi connectivity index (χ1n) is 6.43. The van der Waals surface area contributed by atoms with Crippen LogP contribution in [-0.2, 0) is 6.42 Å². The first kappa shape index (κ1) is 12.3. The molecule has 0 bridgehead atoms. The largest absolute Gasteiger partial charge is 0.399 e. The van der Waals surface area contributed by atoms with E-state index in [1.54, 1.807) is 6.07 Å². The van der Waals surface area contributed by atoms with E-state index in [1.165, 1.54) is 16.8 Å². The molecule has 3 nitrogen and oxygen atoms in total. The molecule has 1 aliphatic rings. The minimum Gasteiger partial charge on any atom is -0.399 e. The third-order valence-corrected chi connectivity index (χ3v) is 3.63. The van der Waals surface area contributed by atoms with Crippen LogP contribution < -0.4 is 10.6 Å². The molecule has 0 amide bonds. The Morgan fingerprint density at radius 3 is 2.89 bits per heavy atom. The number of fused-ring (bicyclic) bond motifs is 1. The van der Waals surface area contributed by atoms with Gasteiger partial charge in [-0.15, -0.1) is 0 Å². The molecule has 1 aromatic carbocycles. The van der Waals surface area contributed by atoms with Crippen molar-refractivity contribution in [2.24, 2.45) is 0 Å². The van der Waals surface area contributed by atoms with Crippen LogP contribution in [0.15, 0.2) is 30.3 Å². The molecule has 0 fully saturated rings. The van der Waals surface area contributed by atoms with Gasteiger partial charge in [0.15, 0.2) is 0 Å². The van der Waals surface area contributed by atoms with E-state index in [1.807, 2.05) is 6.07 Å². The van der Waals surface area contributed by atoms with Crippen LogP contribution in [0.5, 0.6) is 0 Å². The number of nitrogens with zero attached hydrogens (tertiary/aromatic N) is 2. The van der Waals surface area contributed by atoms with Gasteiger partial charge in [0.2, 0.25) is 0 Å². The monoisotopic (exact) mass is 273 g/mol. The Labute approximate surface area is 118 Å². The second-order valence-corrected chi connectivity index (χ2v) is 5.36. The summed E-state index contributed by atoms with van der Waals surface area (Å²) in [6, 6.07) is 10.1. The summed E-state index contributed by atoms with van der Waals surface area (Å²) < 4.78 is 0. The summed E-state index contributed by atoms with van der Waals surface area (Å²) >= 11 is 6.00. The fourth-order valence-electron chi connectivity index (χ4n) is 2.60. The minimum atomic E-state index is 0.439. The molecular formula is C15H16ClN3. The molecule has 0 aliphatic carbocycles. The zero-order valence-electron chi connectivity index (χ0n) is 10.9. The van der Waals surface area contributed by atoms with Crippen LogP contribution in [-0.4, -0.2) is 11.5 Å². The fraction of sp³-hybridized carbons (Fsp3) is 0.267. The fourth-order valence-corrected chi connectivity index (χ4v) is 2.82. The lowest BCUT2D eigenvalue weighted by molar-refractivity contribution is 0.759. The van der Waals surface area contributed by atoms with Crippen molar-refractivity contribution < 1.29 is 0 Å². The maximum Gasteiger partial charge on any atom is 0.136 e. The van der Waals surface area contributed by atoms with Gasteiger partial charge in [-0.3, -0.25) is 0 Å². The summed E-state index contributed by atoms with van der Waals surface area (Å²) in [5, 5.41) is 0.439. The third-order valence-electron chi connectivity index (χ3n) is 3.43. The van der Waals surface area contributed by atoms with Gasteiger partial charge < -0.3 is 10.6 Å². The SMILES string of the molecule is Cc1ccc2c(c1)CCCN2c1cc(N)cc(Cl)n1. The Morgan fingerprint density at radius 2 is 2.11 bits per heavy atom. The standard InChI is InChI=1S/C15H16ClN3/c1-10-4-5-13-11(7-10)3-2-6-19(13)15-9-12(17)8-14(16)18-15/h4-5,7-9H,2-3,6H2,1H3,(H2,17,18). The molecule has 1 aliphatic heterocycles. The van der Waals surface area contributed by atoms with E-state index < -0.39 is 0 Å². The van der Waals surface area contributed by atoms with Gasteiger partial charge in [-0.05, 0) is 37.5 Å². The maximum atomic E-state index is 6.00. The Bertz CT molecular complexity index is 605. The lowest BCUT2D eigenvalue weighted by atomic mass is 9.99. The number of aromatic nitrogens is 1. The normalized spacial score (nSPS) is 14.3. The number of benzene rings is 1. The number of hydrogen-bond acceptors (Lipinski definition) is 3. The highest BCUT2D eigenvalue weighted by atomic mass is 35.5. The first-order valence-corrected chi connectivity index (χ1v) is 6.81. The third kappa shape index (κ3) is 2.38. The van der Waals surface area contributed by atoms with Crippen LogP contribution in [0.25, 0.3) is 0 Å². The van der Waals surface area contributed by atoms with Crippen LogP contribution in [0, 0.1) is 6.92 Å². The average Bonchev–Trinajstić information content (AvgIpc) is 2.36. The summed E-state index contributed by atoms with van der Waals surface area (Å²) in [6.07, 6.45) is 2.23. The molecule has 2 heterocycles. The van der Waals surface area contributed by atoms with Gasteiger partial charge in [-0.2, -0.15) is 0 Å². The van der Waals surface area contributed by atoms with Crippen molar-refractivity contribution in [2.75, 3.05) is 17.2 Å². The first-order chi connectivity index (χ1) is 9.13. The maximum absolute atomic E-state index is 6.00. The van der Waals surface area contributed by atoms with E-state index >= 15 is 0 Å². The summed E-state index contributed by atoms with van der Waals surface area (Å²) in [5.74, 6) is 0.829. The number of nitrogen functional groups attached to an aromatic ring is 1. The van der Waals surface area contributed by atoms with Crippen molar-refractivity contribution in [1.82, 2.24) is 4.98 Å². The van der Waals surface area contributed by atoms with Gasteiger partial charge in [0.1, 0.15) is 11.0 Å². The van der Waals surface area contributed by atoms with Crippen LogP contribution in [0.1, 0.15) is 17.5 Å². The molecule has 2 N–H and O–H groups in total. The molecule has 0 atom stereocenters. The van der Waals surface area contributed by atoms with Crippen LogP contribution >= 0.6 is 11.6 Å². The Hall–Kier alpha value is -1.74. The Kier molecular flexibility index (Phi) is 3.07. The van der Waals surface area contributed by atoms with Crippen molar-refractivity contribution in [1.29, 1.82) is 0 Å². The van der Waals surface area contributed by atoms with Gasteiger partial charge in [0.25, 0.3) is 0 Å². The van der Waals surface area contributed by atoms with Crippen molar-refractivity contribution in [3.8, 4) is 0 Å². The Balaban J connectivity index is 2.08. The molecule has 0 saturated heterocycles. The number of rotatable bonds is 1. The summed E-state index contributed by atoms with van der Waals surface area (Å²) in [5.41, 5.74) is 10.4. The average molecular weight is 274 g/mol. The number of hydrogen-bond donors (Lipinski definition) is 1. The predicted octanol–water partition coefficient (Wildman–Crippen LogP) is 3.71. The lowest BCUT2D eigenvalue weighted by Gasteiger charge is -2.31. The molecule has 98 valence electrons. The van der Waals surface area contributed by atoms with Gasteiger partial charge >= 0.3 is 0 Å². The van der Waals surface area contributed by atoms with E-state index in [4.69, 9.17) is 17.3 Å². The van der Waals surface area contributed by atoms with Crippen molar-refractivity contribution >= 4 is 28.8 Å². The highest BCUT2D eigenvalue weighted by molar-refractivity contribution is 6.29. The van der Waals surface area contributed by atoms with E-state index in [0.717, 1.165) is 25.2 Å². The second-order valence-electron chi connectivity index (χ2n) is 4.97. The van der Waals surface area contributed by atoms with Crippen LogP contribution in [0.2, 0.25) is 5.15 Å². The number of nitrogens with two attached hydrogens (primary N) is 1.